The molecule has 0 aromatic heterocycles. The topological polar surface area (TPSA) is 72.5 Å². The first-order valence-electron chi connectivity index (χ1n) is 5.42. The molecule has 1 rings (SSSR count). The lowest BCUT2D eigenvalue weighted by Gasteiger charge is -2.14. The molecule has 5 nitrogen and oxygen atoms in total. The van der Waals surface area contributed by atoms with E-state index in [0.717, 1.165) is 0 Å². The monoisotopic (exact) mass is 325 g/mol. The highest BCUT2D eigenvalue weighted by molar-refractivity contribution is 7.89. The van der Waals surface area contributed by atoms with Gasteiger partial charge in [0, 0.05) is 0 Å². The molecule has 0 bridgehead atoms. The molecule has 8 heteroatoms. The summed E-state index contributed by atoms with van der Waals surface area (Å²) in [6.07, 6.45) is 0. The fraction of sp³-hybridized carbons (Fsp3) is 0.364. The Bertz CT molecular complexity index is 574. The molecule has 0 aliphatic rings. The number of carbonyl (C=O) groups is 1. The Hall–Kier alpha value is -0.820. The third-order valence-electron chi connectivity index (χ3n) is 2.18. The molecule has 1 unspecified atom stereocenters. The molecule has 1 aromatic rings. The molecule has 0 saturated carbocycles. The van der Waals surface area contributed by atoms with Crippen LogP contribution in [-0.4, -0.2) is 27.0 Å². The Kier molecular flexibility index (Phi) is 5.61. The number of carbonyl (C=O) groups excluding carboxylic acids is 1. The largest absolute Gasteiger partial charge is 0.465 e. The summed E-state index contributed by atoms with van der Waals surface area (Å²) in [6, 6.07) is 3.21. The normalized spacial score (nSPS) is 13.1. The van der Waals surface area contributed by atoms with Crippen LogP contribution in [0.25, 0.3) is 0 Å². The van der Waals surface area contributed by atoms with E-state index < -0.39 is 22.0 Å². The fourth-order valence-corrected chi connectivity index (χ4v) is 3.26. The molecule has 1 N–H and O–H groups in total. The second kappa shape index (κ2) is 6.56. The van der Waals surface area contributed by atoms with Crippen molar-refractivity contribution >= 4 is 39.2 Å². The molecule has 0 radical (unpaired) electrons. The van der Waals surface area contributed by atoms with Gasteiger partial charge in [0.15, 0.2) is 0 Å². The quantitative estimate of drug-likeness (QED) is 0.842. The van der Waals surface area contributed by atoms with Crippen LogP contribution in [0.2, 0.25) is 10.0 Å². The zero-order valence-corrected chi connectivity index (χ0v) is 12.6. The van der Waals surface area contributed by atoms with Gasteiger partial charge >= 0.3 is 5.97 Å². The molecule has 0 fully saturated rings. The van der Waals surface area contributed by atoms with Gasteiger partial charge in [0.25, 0.3) is 0 Å². The van der Waals surface area contributed by atoms with Crippen molar-refractivity contribution in [2.24, 2.45) is 0 Å². The van der Waals surface area contributed by atoms with Gasteiger partial charge in [0.1, 0.15) is 10.9 Å². The molecular formula is C11H13Cl2NO4S. The highest BCUT2D eigenvalue weighted by Crippen LogP contribution is 2.28. The van der Waals surface area contributed by atoms with Gasteiger partial charge in [-0.3, -0.25) is 4.79 Å². The lowest BCUT2D eigenvalue weighted by atomic mass is 10.4. The number of ether oxygens (including phenoxy) is 1. The smallest absolute Gasteiger partial charge is 0.323 e. The first-order chi connectivity index (χ1) is 8.79. The molecule has 19 heavy (non-hydrogen) atoms. The Morgan fingerprint density at radius 1 is 1.42 bits per heavy atom. The van der Waals surface area contributed by atoms with Crippen molar-refractivity contribution < 1.29 is 17.9 Å². The maximum atomic E-state index is 12.1. The first kappa shape index (κ1) is 16.2. The van der Waals surface area contributed by atoms with Crippen LogP contribution in [0.5, 0.6) is 0 Å². The summed E-state index contributed by atoms with van der Waals surface area (Å²) in [4.78, 5) is 11.2. The predicted molar refractivity (Wildman–Crippen MR) is 72.9 cm³/mol. The van der Waals surface area contributed by atoms with Crippen molar-refractivity contribution in [2.75, 3.05) is 6.61 Å². The minimum Gasteiger partial charge on any atom is -0.465 e. The van der Waals surface area contributed by atoms with Gasteiger partial charge in [-0.05, 0) is 26.0 Å². The summed E-state index contributed by atoms with van der Waals surface area (Å²) < 4.78 is 31.0. The third-order valence-corrected chi connectivity index (χ3v) is 4.69. The van der Waals surface area contributed by atoms with Crippen molar-refractivity contribution in [3.8, 4) is 0 Å². The summed E-state index contributed by atoms with van der Waals surface area (Å²) in [5.41, 5.74) is 0. The van der Waals surface area contributed by atoms with E-state index in [1.165, 1.54) is 25.1 Å². The van der Waals surface area contributed by atoms with Gasteiger partial charge in [0.05, 0.1) is 16.7 Å². The van der Waals surface area contributed by atoms with E-state index in [1.807, 2.05) is 0 Å². The summed E-state index contributed by atoms with van der Waals surface area (Å²) in [7, 11) is -3.94. The second-order valence-corrected chi connectivity index (χ2v) is 6.11. The van der Waals surface area contributed by atoms with E-state index in [2.05, 4.69) is 4.72 Å². The molecule has 1 atom stereocenters. The fourth-order valence-electron chi connectivity index (χ4n) is 1.30. The molecule has 0 saturated heterocycles. The van der Waals surface area contributed by atoms with Crippen molar-refractivity contribution in [1.82, 2.24) is 4.72 Å². The Morgan fingerprint density at radius 2 is 2.05 bits per heavy atom. The summed E-state index contributed by atoms with van der Waals surface area (Å²) in [6.45, 7) is 3.18. The zero-order chi connectivity index (χ0) is 14.6. The molecule has 1 aromatic carbocycles. The van der Waals surface area contributed by atoms with Crippen molar-refractivity contribution in [3.05, 3.63) is 28.2 Å². The Labute approximate surface area is 121 Å². The van der Waals surface area contributed by atoms with Gasteiger partial charge in [-0.15, -0.1) is 0 Å². The molecule has 0 amide bonds. The Balaban J connectivity index is 2.99. The molecular weight excluding hydrogens is 313 g/mol. The minimum absolute atomic E-state index is 0.0901. The summed E-state index contributed by atoms with van der Waals surface area (Å²) in [5, 5.41) is 0.0288. The van der Waals surface area contributed by atoms with E-state index in [0.29, 0.717) is 0 Å². The van der Waals surface area contributed by atoms with Gasteiger partial charge in [-0.25, -0.2) is 8.42 Å². The van der Waals surface area contributed by atoms with Crippen LogP contribution >= 0.6 is 23.2 Å². The van der Waals surface area contributed by atoms with Crippen LogP contribution in [0, 0.1) is 0 Å². The lowest BCUT2D eigenvalue weighted by Crippen LogP contribution is -2.39. The number of esters is 1. The van der Waals surface area contributed by atoms with Gasteiger partial charge in [-0.2, -0.15) is 4.72 Å². The van der Waals surface area contributed by atoms with E-state index in [9.17, 15) is 13.2 Å². The highest BCUT2D eigenvalue weighted by Gasteiger charge is 2.25. The number of hydrogen-bond acceptors (Lipinski definition) is 4. The average Bonchev–Trinajstić information content (AvgIpc) is 2.32. The van der Waals surface area contributed by atoms with Crippen molar-refractivity contribution in [3.63, 3.8) is 0 Å². The van der Waals surface area contributed by atoms with Gasteiger partial charge in [-0.1, -0.05) is 29.3 Å². The minimum atomic E-state index is -3.94. The number of sulfonamides is 1. The number of rotatable bonds is 5. The highest BCUT2D eigenvalue weighted by atomic mass is 35.5. The predicted octanol–water partition coefficient (Wildman–Crippen LogP) is 2.22. The summed E-state index contributed by atoms with van der Waals surface area (Å²) in [5.74, 6) is -0.663. The van der Waals surface area contributed by atoms with E-state index in [1.54, 1.807) is 6.92 Å². The van der Waals surface area contributed by atoms with Crippen LogP contribution < -0.4 is 4.72 Å². The van der Waals surface area contributed by atoms with Crippen LogP contribution in [0.4, 0.5) is 0 Å². The SMILES string of the molecule is CCOC(=O)C(C)NS(=O)(=O)c1cccc(Cl)c1Cl. The first-order valence-corrected chi connectivity index (χ1v) is 7.66. The number of hydrogen-bond donors (Lipinski definition) is 1. The molecule has 0 aliphatic heterocycles. The molecule has 0 spiro atoms. The van der Waals surface area contributed by atoms with Crippen LogP contribution in [0.15, 0.2) is 23.1 Å². The molecule has 0 aliphatic carbocycles. The van der Waals surface area contributed by atoms with Gasteiger partial charge < -0.3 is 4.74 Å². The van der Waals surface area contributed by atoms with Crippen molar-refractivity contribution in [1.29, 1.82) is 0 Å². The Morgan fingerprint density at radius 3 is 2.63 bits per heavy atom. The van der Waals surface area contributed by atoms with E-state index in [4.69, 9.17) is 27.9 Å². The number of nitrogens with one attached hydrogen (secondary N) is 1. The molecule has 0 heterocycles. The number of benzene rings is 1. The van der Waals surface area contributed by atoms with Crippen LogP contribution in [-0.2, 0) is 19.6 Å². The molecule has 106 valence electrons. The van der Waals surface area contributed by atoms with Crippen LogP contribution in [0.3, 0.4) is 0 Å². The summed E-state index contributed by atoms with van der Waals surface area (Å²) >= 11 is 11.6. The second-order valence-electron chi connectivity index (χ2n) is 3.65. The van der Waals surface area contributed by atoms with Crippen molar-refractivity contribution in [2.45, 2.75) is 24.8 Å². The van der Waals surface area contributed by atoms with Crippen LogP contribution in [0.1, 0.15) is 13.8 Å². The zero-order valence-electron chi connectivity index (χ0n) is 10.3. The average molecular weight is 326 g/mol. The lowest BCUT2D eigenvalue weighted by molar-refractivity contribution is -0.144. The third kappa shape index (κ3) is 4.07. The standard InChI is InChI=1S/C11H13Cl2NO4S/c1-3-18-11(15)7(2)14-19(16,17)9-6-4-5-8(12)10(9)13/h4-7,14H,3H2,1-2H3. The number of halogens is 2. The van der Waals surface area contributed by atoms with E-state index in [-0.39, 0.29) is 21.5 Å². The maximum Gasteiger partial charge on any atom is 0.323 e. The van der Waals surface area contributed by atoms with E-state index >= 15 is 0 Å². The maximum absolute atomic E-state index is 12.1. The van der Waals surface area contributed by atoms with Gasteiger partial charge in [0.2, 0.25) is 10.0 Å².